The Morgan fingerprint density at radius 1 is 0.891 bits per heavy atom. The van der Waals surface area contributed by atoms with E-state index in [1.807, 2.05) is 32.9 Å². The average molecular weight is 752 g/mol. The Labute approximate surface area is 314 Å². The number of aromatic nitrogens is 8. The number of aromatic amines is 1. The lowest BCUT2D eigenvalue weighted by Gasteiger charge is -2.13. The first-order chi connectivity index (χ1) is 26.4. The summed E-state index contributed by atoms with van der Waals surface area (Å²) in [6.45, 7) is 8.91. The minimum absolute atomic E-state index is 0.106. The van der Waals surface area contributed by atoms with Crippen molar-refractivity contribution in [1.82, 2.24) is 34.0 Å². The van der Waals surface area contributed by atoms with E-state index in [1.54, 1.807) is 55.8 Å². The molecule has 0 aliphatic rings. The van der Waals surface area contributed by atoms with E-state index in [1.165, 1.54) is 12.1 Å². The van der Waals surface area contributed by atoms with Crippen molar-refractivity contribution < 1.29 is 33.7 Å². The molecule has 2 aromatic carbocycles. The van der Waals surface area contributed by atoms with E-state index >= 15 is 0 Å². The minimum atomic E-state index is -0.689. The van der Waals surface area contributed by atoms with Crippen LogP contribution in [0, 0.1) is 13.8 Å². The third-order valence-electron chi connectivity index (χ3n) is 8.82. The number of ether oxygens (including phenoxy) is 1. The van der Waals surface area contributed by atoms with Crippen molar-refractivity contribution in [2.24, 2.45) is 11.5 Å². The number of imidazole rings is 2. The number of aliphatic hydroxyl groups excluding tert-OH is 1. The van der Waals surface area contributed by atoms with E-state index in [0.717, 1.165) is 5.69 Å². The number of nitrogens with one attached hydrogen (secondary N) is 3. The molecule has 0 fully saturated rings. The molecule has 0 spiro atoms. The maximum Gasteiger partial charge on any atom is 0.325 e. The molecule has 4 amide bonds. The number of primary amides is 2. The molecule has 0 unspecified atom stereocenters. The Balaban J connectivity index is 1.38. The van der Waals surface area contributed by atoms with Crippen LogP contribution in [0.15, 0.2) is 54.6 Å². The van der Waals surface area contributed by atoms with Crippen LogP contribution in [0.1, 0.15) is 73.3 Å². The molecule has 4 heterocycles. The van der Waals surface area contributed by atoms with Crippen LogP contribution in [-0.2, 0) is 26.2 Å². The van der Waals surface area contributed by atoms with E-state index in [0.29, 0.717) is 58.7 Å². The Kier molecular flexibility index (Phi) is 11.1. The van der Waals surface area contributed by atoms with Gasteiger partial charge < -0.3 is 30.4 Å². The molecule has 4 aromatic heterocycles. The van der Waals surface area contributed by atoms with Gasteiger partial charge in [-0.2, -0.15) is 10.2 Å². The molecule has 286 valence electrons. The average Bonchev–Trinajstić information content (AvgIpc) is 3.92. The summed E-state index contributed by atoms with van der Waals surface area (Å²) in [5, 5.41) is 22.7. The van der Waals surface area contributed by atoms with E-state index in [4.69, 9.17) is 16.2 Å². The largest absolute Gasteiger partial charge is 0.491 e. The van der Waals surface area contributed by atoms with Gasteiger partial charge in [0.15, 0.2) is 6.54 Å². The molecule has 6 rings (SSSR count). The molecular formula is C37H43N12O6+. The molecule has 55 heavy (non-hydrogen) atoms. The quantitative estimate of drug-likeness (QED) is 0.0483. The molecule has 18 heteroatoms. The number of amides is 4. The van der Waals surface area contributed by atoms with Gasteiger partial charge in [-0.25, -0.2) is 9.97 Å². The number of carbonyl (C=O) groups excluding carboxylic acids is 4. The topological polar surface area (TPSA) is 247 Å². The molecule has 0 aliphatic carbocycles. The zero-order chi connectivity index (χ0) is 39.4. The number of nitrogens with zero attached hydrogens (tertiary/aromatic N) is 7. The molecule has 0 saturated heterocycles. The number of H-pyrrole nitrogens is 1. The number of carbonyl (C=O) groups is 4. The van der Waals surface area contributed by atoms with Crippen molar-refractivity contribution in [2.45, 2.75) is 60.3 Å². The van der Waals surface area contributed by atoms with E-state index < -0.39 is 17.7 Å². The smallest absolute Gasteiger partial charge is 0.325 e. The van der Waals surface area contributed by atoms with E-state index in [9.17, 15) is 24.3 Å². The normalized spacial score (nSPS) is 11.5. The third-order valence-corrected chi connectivity index (χ3v) is 8.82. The lowest BCUT2D eigenvalue weighted by atomic mass is 10.1. The number of hydrogen-bond acceptors (Lipinski definition) is 9. The Bertz CT molecular complexity index is 2470. The lowest BCUT2D eigenvalue weighted by Crippen LogP contribution is -2.41. The van der Waals surface area contributed by atoms with Crippen LogP contribution in [0.5, 0.6) is 5.75 Å². The van der Waals surface area contributed by atoms with Gasteiger partial charge in [-0.1, -0.05) is 12.2 Å². The summed E-state index contributed by atoms with van der Waals surface area (Å²) in [6.07, 6.45) is 4.02. The Morgan fingerprint density at radius 2 is 1.56 bits per heavy atom. The molecule has 0 radical (unpaired) electrons. The van der Waals surface area contributed by atoms with Crippen LogP contribution in [0.4, 0.5) is 11.9 Å². The standard InChI is InChI=1S/C37H42N12O6/c1-5-48-28(16-21(3)44-48)34(53)42-36-40-25-18-23(32(38)51)10-11-27(25)46(36)12-7-8-13-47-31-26(19-24(33(39)52)20-30(31)55-15-9-14-50)41-37(47)43-35(54)29-17-22(4)45-49(29)6-2/h7-8,10-11,16-20,50H,5-6,9,12-15H2,1-4H3,(H6,38,39,40,41,42,43,51,52,53,54)/p+1. The lowest BCUT2D eigenvalue weighted by molar-refractivity contribution is -0.748. The highest BCUT2D eigenvalue weighted by atomic mass is 16.5. The van der Waals surface area contributed by atoms with Crippen LogP contribution in [0.2, 0.25) is 0 Å². The number of fused-ring (bicyclic) bond motifs is 2. The first-order valence-electron chi connectivity index (χ1n) is 17.7. The highest BCUT2D eigenvalue weighted by molar-refractivity contribution is 6.04. The first kappa shape index (κ1) is 37.9. The summed E-state index contributed by atoms with van der Waals surface area (Å²) in [7, 11) is 0. The summed E-state index contributed by atoms with van der Waals surface area (Å²) in [4.78, 5) is 60.6. The van der Waals surface area contributed by atoms with Crippen LogP contribution in [0.25, 0.3) is 22.1 Å². The number of aryl methyl sites for hydroxylation is 4. The number of allylic oxidation sites excluding steroid dienone is 2. The van der Waals surface area contributed by atoms with Crippen LogP contribution in [0.3, 0.4) is 0 Å². The number of benzene rings is 2. The predicted molar refractivity (Wildman–Crippen MR) is 203 cm³/mol. The predicted octanol–water partition coefficient (Wildman–Crippen LogP) is 2.57. The zero-order valence-corrected chi connectivity index (χ0v) is 30.9. The van der Waals surface area contributed by atoms with Crippen molar-refractivity contribution in [1.29, 1.82) is 0 Å². The highest BCUT2D eigenvalue weighted by Gasteiger charge is 2.25. The Morgan fingerprint density at radius 3 is 2.25 bits per heavy atom. The molecule has 8 N–H and O–H groups in total. The van der Waals surface area contributed by atoms with Gasteiger partial charge in [0.05, 0.1) is 34.5 Å². The van der Waals surface area contributed by atoms with Gasteiger partial charge in [0.25, 0.3) is 11.6 Å². The summed E-state index contributed by atoms with van der Waals surface area (Å²) >= 11 is 0. The molecular weight excluding hydrogens is 708 g/mol. The molecule has 0 atom stereocenters. The molecule has 0 bridgehead atoms. The zero-order valence-electron chi connectivity index (χ0n) is 30.9. The van der Waals surface area contributed by atoms with Crippen molar-refractivity contribution in [3.63, 3.8) is 0 Å². The number of aliphatic hydroxyl groups is 1. The SMILES string of the molecule is CCn1nc(C)cc1C(=O)Nc1nc2cc(C(N)=O)cc(OCCCO)c2n1CC=CCn1c(NC(=O)c2cc(C)[nH][n+]2CC)nc2cc(C(N)=O)ccc21. The summed E-state index contributed by atoms with van der Waals surface area (Å²) < 4.78 is 12.8. The summed E-state index contributed by atoms with van der Waals surface area (Å²) in [6, 6.07) is 11.3. The van der Waals surface area contributed by atoms with Gasteiger partial charge >= 0.3 is 5.91 Å². The molecule has 18 nitrogen and oxygen atoms in total. The number of nitrogens with two attached hydrogens (primary N) is 2. The number of anilines is 2. The minimum Gasteiger partial charge on any atom is -0.491 e. The third kappa shape index (κ3) is 7.93. The van der Waals surface area contributed by atoms with Crippen LogP contribution in [-0.4, -0.2) is 75.9 Å². The van der Waals surface area contributed by atoms with Gasteiger partial charge in [0, 0.05) is 49.9 Å². The van der Waals surface area contributed by atoms with Gasteiger partial charge in [-0.15, -0.1) is 4.68 Å². The van der Waals surface area contributed by atoms with E-state index in [2.05, 4.69) is 30.8 Å². The monoisotopic (exact) mass is 751 g/mol. The van der Waals surface area contributed by atoms with Gasteiger partial charge in [-0.3, -0.25) is 34.5 Å². The summed E-state index contributed by atoms with van der Waals surface area (Å²) in [5.41, 5.74) is 15.8. The highest BCUT2D eigenvalue weighted by Crippen LogP contribution is 2.32. The van der Waals surface area contributed by atoms with Crippen molar-refractivity contribution in [3.05, 3.63) is 88.5 Å². The van der Waals surface area contributed by atoms with E-state index in [-0.39, 0.29) is 61.0 Å². The number of rotatable bonds is 16. The van der Waals surface area contributed by atoms with Gasteiger partial charge in [0.2, 0.25) is 23.7 Å². The molecule has 0 saturated carbocycles. The Hall–Kier alpha value is -6.82. The molecule has 6 aromatic rings. The van der Waals surface area contributed by atoms with Crippen molar-refractivity contribution in [2.75, 3.05) is 23.8 Å². The van der Waals surface area contributed by atoms with Crippen molar-refractivity contribution in [3.8, 4) is 5.75 Å². The van der Waals surface area contributed by atoms with Crippen LogP contribution >= 0.6 is 0 Å². The van der Waals surface area contributed by atoms with Gasteiger partial charge in [-0.05, 0) is 64.1 Å². The maximum absolute atomic E-state index is 13.6. The fourth-order valence-electron chi connectivity index (χ4n) is 6.25. The maximum atomic E-state index is 13.6. The van der Waals surface area contributed by atoms with Gasteiger partial charge in [0.1, 0.15) is 17.0 Å². The first-order valence-corrected chi connectivity index (χ1v) is 17.7. The number of hydrogen-bond donors (Lipinski definition) is 6. The van der Waals surface area contributed by atoms with Crippen molar-refractivity contribution >= 4 is 57.6 Å². The fraction of sp³-hybridized carbons (Fsp3) is 0.297. The summed E-state index contributed by atoms with van der Waals surface area (Å²) in [5.74, 6) is -1.41. The second-order valence-electron chi connectivity index (χ2n) is 12.7. The van der Waals surface area contributed by atoms with Crippen LogP contribution < -0.4 is 31.5 Å². The second kappa shape index (κ2) is 16.0. The fourth-order valence-corrected chi connectivity index (χ4v) is 6.25. The second-order valence-corrected chi connectivity index (χ2v) is 12.7. The molecule has 0 aliphatic heterocycles.